The number of carbonyl (C=O) groups excluding carboxylic acids is 3. The highest BCUT2D eigenvalue weighted by molar-refractivity contribution is 5.98. The summed E-state index contributed by atoms with van der Waals surface area (Å²) in [5.74, 6) is -2.66. The molecule has 4 heterocycles. The van der Waals surface area contributed by atoms with Crippen molar-refractivity contribution in [2.45, 2.75) is 75.0 Å². The van der Waals surface area contributed by atoms with Gasteiger partial charge in [-0.15, -0.1) is 0 Å². The first-order chi connectivity index (χ1) is 25.0. The number of nitrogens with zero attached hydrogens (tertiary/aromatic N) is 3. The van der Waals surface area contributed by atoms with E-state index in [4.69, 9.17) is 9.47 Å². The zero-order valence-corrected chi connectivity index (χ0v) is 28.6. The van der Waals surface area contributed by atoms with Crippen LogP contribution in [0.3, 0.4) is 0 Å². The number of carbonyl (C=O) groups is 3. The van der Waals surface area contributed by atoms with Crippen molar-refractivity contribution in [3.8, 4) is 0 Å². The largest absolute Gasteiger partial charge is 0.471 e. The fraction of sp³-hybridized carbons (Fsp3) is 0.447. The minimum Gasteiger partial charge on any atom is -0.392 e. The van der Waals surface area contributed by atoms with E-state index >= 15 is 0 Å². The molecule has 276 valence electrons. The predicted octanol–water partition coefficient (Wildman–Crippen LogP) is 4.64. The lowest BCUT2D eigenvalue weighted by molar-refractivity contribution is -0.253. The maximum atomic E-state index is 13.2. The van der Waals surface area contributed by atoms with Crippen LogP contribution in [0.4, 0.5) is 24.5 Å². The molecule has 3 N–H and O–H groups in total. The average molecular weight is 722 g/mol. The van der Waals surface area contributed by atoms with Crippen molar-refractivity contribution in [1.82, 2.24) is 15.1 Å². The summed E-state index contributed by atoms with van der Waals surface area (Å²) in [6.07, 6.45) is -4.24. The van der Waals surface area contributed by atoms with Crippen LogP contribution < -0.4 is 15.5 Å². The van der Waals surface area contributed by atoms with Gasteiger partial charge in [-0.25, -0.2) is 0 Å². The van der Waals surface area contributed by atoms with Crippen molar-refractivity contribution in [2.75, 3.05) is 43.1 Å². The lowest BCUT2D eigenvalue weighted by Crippen LogP contribution is -2.57. The number of nitrogens with one attached hydrogen (secondary N) is 2. The lowest BCUT2D eigenvalue weighted by Gasteiger charge is -2.45. The summed E-state index contributed by atoms with van der Waals surface area (Å²) in [6.45, 7) is 2.21. The third kappa shape index (κ3) is 7.38. The number of likely N-dealkylation sites (tertiary alicyclic amines) is 2. The summed E-state index contributed by atoms with van der Waals surface area (Å²) in [5.41, 5.74) is 3.02. The highest BCUT2D eigenvalue weighted by Crippen LogP contribution is 2.40. The molecule has 7 rings (SSSR count). The number of anilines is 2. The monoisotopic (exact) mass is 721 g/mol. The molecular formula is C38H42F3N5O6. The summed E-state index contributed by atoms with van der Waals surface area (Å²) in [4.78, 5) is 43.4. The molecule has 0 radical (unpaired) electrons. The van der Waals surface area contributed by atoms with E-state index < -0.39 is 35.9 Å². The van der Waals surface area contributed by atoms with Crippen LogP contribution in [-0.4, -0.2) is 89.3 Å². The van der Waals surface area contributed by atoms with Crippen LogP contribution in [-0.2, 0) is 30.5 Å². The van der Waals surface area contributed by atoms with Crippen molar-refractivity contribution in [1.29, 1.82) is 0 Å². The van der Waals surface area contributed by atoms with Crippen LogP contribution in [0.15, 0.2) is 78.9 Å². The molecule has 11 nitrogen and oxygen atoms in total. The number of hydrogen-bond donors (Lipinski definition) is 3. The summed E-state index contributed by atoms with van der Waals surface area (Å²) in [5, 5.41) is 15.3. The number of aliphatic hydroxyl groups excluding tert-OH is 1. The van der Waals surface area contributed by atoms with Gasteiger partial charge in [0.2, 0.25) is 11.8 Å². The number of aliphatic hydroxyl groups is 1. The zero-order valence-electron chi connectivity index (χ0n) is 28.6. The molecule has 3 aromatic carbocycles. The van der Waals surface area contributed by atoms with E-state index in [9.17, 15) is 32.7 Å². The lowest BCUT2D eigenvalue weighted by atomic mass is 9.85. The molecule has 4 aliphatic heterocycles. The first-order valence-corrected chi connectivity index (χ1v) is 17.7. The number of rotatable bonds is 8. The van der Waals surface area contributed by atoms with Gasteiger partial charge in [-0.3, -0.25) is 14.4 Å². The number of para-hydroxylation sites is 1. The smallest absolute Gasteiger partial charge is 0.392 e. The molecule has 3 amide bonds. The number of hydrogen-bond acceptors (Lipinski definition) is 8. The third-order valence-corrected chi connectivity index (χ3v) is 10.7. The quantitative estimate of drug-likeness (QED) is 0.308. The number of ether oxygens (including phenoxy) is 2. The van der Waals surface area contributed by atoms with Crippen molar-refractivity contribution >= 4 is 29.1 Å². The second-order valence-electron chi connectivity index (χ2n) is 13.9. The van der Waals surface area contributed by atoms with Crippen LogP contribution >= 0.6 is 0 Å². The summed E-state index contributed by atoms with van der Waals surface area (Å²) < 4.78 is 52.6. The SMILES string of the molecule is O=C(Nc1cccc([C@H]2O[C@@H](CN3CCC4(CC3)C(=O)NCN4c3ccccc3)C[C@@H](c3ccc(CO)cc3)O2)c1)[C@@H]1CCCN1C(=O)C(F)(F)F. The van der Waals surface area contributed by atoms with E-state index in [0.29, 0.717) is 68.1 Å². The van der Waals surface area contributed by atoms with Gasteiger partial charge in [0.1, 0.15) is 11.6 Å². The van der Waals surface area contributed by atoms with Gasteiger partial charge in [0.05, 0.1) is 25.5 Å². The molecule has 0 unspecified atom stereocenters. The second kappa shape index (κ2) is 14.9. The highest BCUT2D eigenvalue weighted by atomic mass is 19.4. The summed E-state index contributed by atoms with van der Waals surface area (Å²) in [6, 6.07) is 23.1. The van der Waals surface area contributed by atoms with Gasteiger partial charge in [0.25, 0.3) is 0 Å². The van der Waals surface area contributed by atoms with E-state index in [0.717, 1.165) is 16.8 Å². The summed E-state index contributed by atoms with van der Waals surface area (Å²) in [7, 11) is 0. The molecule has 4 aliphatic rings. The third-order valence-electron chi connectivity index (χ3n) is 10.7. The maximum absolute atomic E-state index is 13.2. The van der Waals surface area contributed by atoms with Crippen LogP contribution in [0.25, 0.3) is 0 Å². The fourth-order valence-corrected chi connectivity index (χ4v) is 7.89. The molecule has 4 atom stereocenters. The van der Waals surface area contributed by atoms with Crippen molar-refractivity contribution in [3.63, 3.8) is 0 Å². The van der Waals surface area contributed by atoms with Gasteiger partial charge in [0.15, 0.2) is 6.29 Å². The van der Waals surface area contributed by atoms with E-state index in [1.54, 1.807) is 24.3 Å². The predicted molar refractivity (Wildman–Crippen MR) is 185 cm³/mol. The van der Waals surface area contributed by atoms with Crippen molar-refractivity contribution in [3.05, 3.63) is 95.6 Å². The fourth-order valence-electron chi connectivity index (χ4n) is 7.89. The van der Waals surface area contributed by atoms with Crippen LogP contribution in [0.1, 0.15) is 61.2 Å². The molecule has 0 saturated carbocycles. The normalized spacial score (nSPS) is 25.0. The van der Waals surface area contributed by atoms with Crippen LogP contribution in [0, 0.1) is 0 Å². The molecule has 14 heteroatoms. The Morgan fingerprint density at radius 2 is 1.69 bits per heavy atom. The summed E-state index contributed by atoms with van der Waals surface area (Å²) >= 11 is 0. The highest BCUT2D eigenvalue weighted by Gasteiger charge is 2.51. The molecule has 52 heavy (non-hydrogen) atoms. The van der Waals surface area contributed by atoms with E-state index in [1.807, 2.05) is 54.6 Å². The maximum Gasteiger partial charge on any atom is 0.471 e. The number of piperidine rings is 1. The van der Waals surface area contributed by atoms with Crippen LogP contribution in [0.5, 0.6) is 0 Å². The number of benzene rings is 3. The Bertz CT molecular complexity index is 1750. The molecule has 0 aliphatic carbocycles. The van der Waals surface area contributed by atoms with Crippen molar-refractivity contribution < 1.29 is 42.1 Å². The Labute approximate surface area is 299 Å². The van der Waals surface area contributed by atoms with Crippen molar-refractivity contribution in [2.24, 2.45) is 0 Å². The first kappa shape index (κ1) is 35.9. The number of amides is 3. The minimum absolute atomic E-state index is 0.0457. The topological polar surface area (TPSA) is 124 Å². The average Bonchev–Trinajstić information content (AvgIpc) is 3.77. The van der Waals surface area contributed by atoms with Gasteiger partial charge in [-0.2, -0.15) is 13.2 Å². The molecule has 0 bridgehead atoms. The molecule has 1 spiro atoms. The van der Waals surface area contributed by atoms with E-state index in [1.165, 1.54) is 0 Å². The van der Waals surface area contributed by atoms with Gasteiger partial charge in [-0.05, 0) is 61.1 Å². The Morgan fingerprint density at radius 3 is 2.40 bits per heavy atom. The van der Waals surface area contributed by atoms with Gasteiger partial charge in [-0.1, -0.05) is 54.6 Å². The van der Waals surface area contributed by atoms with Gasteiger partial charge >= 0.3 is 12.1 Å². The Balaban J connectivity index is 1.06. The molecule has 0 aromatic heterocycles. The van der Waals surface area contributed by atoms with Crippen LogP contribution in [0.2, 0.25) is 0 Å². The standard InChI is InChI=1S/C38H42F3N5O6/c39-38(40,41)36(50)45-17-5-10-31(45)33(48)43-28-7-4-6-27(20-28)34-51-30(21-32(52-34)26-13-11-25(23-47)12-14-26)22-44-18-15-37(16-19-44)35(49)42-24-46(37)29-8-2-1-3-9-29/h1-4,6-9,11-14,20,30-32,34,47H,5,10,15-19,21-24H2,(H,42,49)(H,43,48)/t30-,31+,32+,34+/m1/s1. The Hall–Kier alpha value is -4.50. The Kier molecular flexibility index (Phi) is 10.3. The number of halogens is 3. The molecule has 3 aromatic rings. The Morgan fingerprint density at radius 1 is 0.942 bits per heavy atom. The van der Waals surface area contributed by atoms with E-state index in [2.05, 4.69) is 20.4 Å². The van der Waals surface area contributed by atoms with Gasteiger partial charge in [0, 0.05) is 49.5 Å². The minimum atomic E-state index is -5.06. The number of alkyl halides is 3. The second-order valence-corrected chi connectivity index (χ2v) is 13.9. The molecular weight excluding hydrogens is 679 g/mol. The van der Waals surface area contributed by atoms with E-state index in [-0.39, 0.29) is 37.7 Å². The molecule has 4 saturated heterocycles. The van der Waals surface area contributed by atoms with Gasteiger partial charge < -0.3 is 39.9 Å². The first-order valence-electron chi connectivity index (χ1n) is 17.7. The molecule has 4 fully saturated rings. The zero-order chi connectivity index (χ0) is 36.5.